The fraction of sp³-hybridized carbons (Fsp3) is 0.238. The maximum atomic E-state index is 13.2. The summed E-state index contributed by atoms with van der Waals surface area (Å²) in [6, 6.07) is 6.93. The van der Waals surface area contributed by atoms with Crippen molar-refractivity contribution < 1.29 is 23.6 Å². The molecule has 162 valence electrons. The highest BCUT2D eigenvalue weighted by molar-refractivity contribution is 7.18. The van der Waals surface area contributed by atoms with Crippen molar-refractivity contribution in [2.75, 3.05) is 26.5 Å². The van der Waals surface area contributed by atoms with Crippen LogP contribution in [-0.2, 0) is 4.74 Å². The molecule has 8 nitrogen and oxygen atoms in total. The molecule has 0 unspecified atom stereocenters. The van der Waals surface area contributed by atoms with E-state index in [0.29, 0.717) is 21.0 Å². The Hall–Kier alpha value is -3.17. The van der Waals surface area contributed by atoms with E-state index in [1.54, 1.807) is 52.2 Å². The molecule has 0 saturated carbocycles. The van der Waals surface area contributed by atoms with Crippen LogP contribution in [-0.4, -0.2) is 49.0 Å². The van der Waals surface area contributed by atoms with Crippen molar-refractivity contribution in [1.82, 2.24) is 10.1 Å². The smallest absolute Gasteiger partial charge is 0.341 e. The van der Waals surface area contributed by atoms with Crippen LogP contribution in [0.4, 0.5) is 5.00 Å². The average molecular weight is 462 g/mol. The second-order valence-electron chi connectivity index (χ2n) is 6.85. The molecule has 0 spiro atoms. The molecule has 2 aromatic heterocycles. The lowest BCUT2D eigenvalue weighted by Gasteiger charge is -2.08. The Morgan fingerprint density at radius 1 is 1.16 bits per heavy atom. The molecule has 2 heterocycles. The van der Waals surface area contributed by atoms with Crippen molar-refractivity contribution in [1.29, 1.82) is 0 Å². The average Bonchev–Trinajstić information content (AvgIpc) is 3.26. The number of carbonyl (C=O) groups is 3. The first-order valence-electron chi connectivity index (χ1n) is 9.13. The third-order valence-electron chi connectivity index (χ3n) is 4.58. The molecule has 0 aliphatic carbocycles. The van der Waals surface area contributed by atoms with Gasteiger partial charge in [0, 0.05) is 19.7 Å². The van der Waals surface area contributed by atoms with Crippen LogP contribution in [0.3, 0.4) is 0 Å². The van der Waals surface area contributed by atoms with E-state index < -0.39 is 11.9 Å². The molecule has 3 rings (SSSR count). The zero-order valence-corrected chi connectivity index (χ0v) is 19.1. The quantitative estimate of drug-likeness (QED) is 0.564. The van der Waals surface area contributed by atoms with Gasteiger partial charge in [0.1, 0.15) is 22.0 Å². The van der Waals surface area contributed by atoms with Gasteiger partial charge in [-0.3, -0.25) is 9.59 Å². The highest BCUT2D eigenvalue weighted by atomic mass is 35.5. The number of anilines is 1. The molecule has 0 aliphatic rings. The predicted molar refractivity (Wildman–Crippen MR) is 118 cm³/mol. The maximum Gasteiger partial charge on any atom is 0.341 e. The van der Waals surface area contributed by atoms with E-state index in [1.165, 1.54) is 12.0 Å². The van der Waals surface area contributed by atoms with E-state index in [1.807, 2.05) is 0 Å². The lowest BCUT2D eigenvalue weighted by Crippen LogP contribution is -2.21. The molecule has 2 amide bonds. The summed E-state index contributed by atoms with van der Waals surface area (Å²) in [7, 11) is 4.44. The molecule has 0 fully saturated rings. The molecular formula is C21H20ClN3O5S. The Kier molecular flexibility index (Phi) is 6.47. The topological polar surface area (TPSA) is 102 Å². The zero-order chi connectivity index (χ0) is 22.9. The fourth-order valence-electron chi connectivity index (χ4n) is 3.00. The summed E-state index contributed by atoms with van der Waals surface area (Å²) in [4.78, 5) is 39.8. The lowest BCUT2D eigenvalue weighted by molar-refractivity contribution is 0.0601. The lowest BCUT2D eigenvalue weighted by atomic mass is 10.1. The Morgan fingerprint density at radius 3 is 2.45 bits per heavy atom. The first kappa shape index (κ1) is 22.5. The fourth-order valence-corrected chi connectivity index (χ4v) is 4.44. The van der Waals surface area contributed by atoms with Gasteiger partial charge < -0.3 is 19.5 Å². The first-order chi connectivity index (χ1) is 14.7. The summed E-state index contributed by atoms with van der Waals surface area (Å²) >= 11 is 7.27. The molecule has 1 aromatic carbocycles. The van der Waals surface area contributed by atoms with E-state index >= 15 is 0 Å². The van der Waals surface area contributed by atoms with Crippen molar-refractivity contribution >= 4 is 45.7 Å². The predicted octanol–water partition coefficient (Wildman–Crippen LogP) is 4.41. The van der Waals surface area contributed by atoms with Crippen molar-refractivity contribution in [2.24, 2.45) is 0 Å². The third kappa shape index (κ3) is 4.19. The number of hydrogen-bond acceptors (Lipinski definition) is 7. The molecule has 1 N–H and O–H groups in total. The van der Waals surface area contributed by atoms with Gasteiger partial charge in [-0.15, -0.1) is 11.3 Å². The normalized spacial score (nSPS) is 10.6. The standard InChI is InChI=1S/C21H20ClN3O5S/c1-10-14(21(28)29-5)19(31-17(10)20(27)25(3)4)23-18(26)15-11(2)30-24-16(15)12-8-6-7-9-13(12)22/h6-9H,1-5H3,(H,23,26). The van der Waals surface area contributed by atoms with Gasteiger partial charge in [-0.1, -0.05) is 35.0 Å². The molecule has 0 bridgehead atoms. The number of esters is 1. The number of nitrogens with zero attached hydrogens (tertiary/aromatic N) is 2. The molecule has 3 aromatic rings. The summed E-state index contributed by atoms with van der Waals surface area (Å²) < 4.78 is 10.1. The van der Waals surface area contributed by atoms with Crippen LogP contribution < -0.4 is 5.32 Å². The van der Waals surface area contributed by atoms with Crippen molar-refractivity contribution in [3.8, 4) is 11.3 Å². The number of benzene rings is 1. The van der Waals surface area contributed by atoms with Gasteiger partial charge in [0.25, 0.3) is 11.8 Å². The van der Waals surface area contributed by atoms with E-state index in [2.05, 4.69) is 10.5 Å². The van der Waals surface area contributed by atoms with Crippen molar-refractivity contribution in [3.05, 3.63) is 56.6 Å². The van der Waals surface area contributed by atoms with Gasteiger partial charge in [0.15, 0.2) is 0 Å². The minimum absolute atomic E-state index is 0.124. The number of ether oxygens (including phenoxy) is 1. The summed E-state index contributed by atoms with van der Waals surface area (Å²) in [5.74, 6) is -1.21. The second-order valence-corrected chi connectivity index (χ2v) is 8.28. The third-order valence-corrected chi connectivity index (χ3v) is 6.11. The van der Waals surface area contributed by atoms with E-state index in [9.17, 15) is 14.4 Å². The summed E-state index contributed by atoms with van der Waals surface area (Å²) in [5, 5.41) is 7.31. The number of amides is 2. The van der Waals surface area contributed by atoms with E-state index in [-0.39, 0.29) is 33.5 Å². The van der Waals surface area contributed by atoms with Gasteiger partial charge in [-0.2, -0.15) is 0 Å². The van der Waals surface area contributed by atoms with Crippen LogP contribution >= 0.6 is 22.9 Å². The molecule has 10 heteroatoms. The molecule has 31 heavy (non-hydrogen) atoms. The van der Waals surface area contributed by atoms with E-state index in [0.717, 1.165) is 11.3 Å². The number of halogens is 1. The van der Waals surface area contributed by atoms with Crippen LogP contribution in [0.2, 0.25) is 5.02 Å². The minimum atomic E-state index is -0.657. The molecule has 0 aliphatic heterocycles. The second kappa shape index (κ2) is 8.91. The molecule has 0 saturated heterocycles. The monoisotopic (exact) mass is 461 g/mol. The van der Waals surface area contributed by atoms with Gasteiger partial charge in [-0.25, -0.2) is 4.79 Å². The Bertz CT molecular complexity index is 1180. The summed E-state index contributed by atoms with van der Waals surface area (Å²) in [5.41, 5.74) is 1.54. The number of aryl methyl sites for hydroxylation is 1. The number of hydrogen-bond donors (Lipinski definition) is 1. The largest absolute Gasteiger partial charge is 0.465 e. The Labute approximate surface area is 187 Å². The van der Waals surface area contributed by atoms with Crippen LogP contribution in [0.1, 0.15) is 41.7 Å². The van der Waals surface area contributed by atoms with Crippen LogP contribution in [0.25, 0.3) is 11.3 Å². The maximum absolute atomic E-state index is 13.2. The SMILES string of the molecule is COC(=O)c1c(NC(=O)c2c(-c3ccccc3Cl)noc2C)sc(C(=O)N(C)C)c1C. The van der Waals surface area contributed by atoms with Gasteiger partial charge >= 0.3 is 5.97 Å². The summed E-state index contributed by atoms with van der Waals surface area (Å²) in [6.07, 6.45) is 0. The van der Waals surface area contributed by atoms with Gasteiger partial charge in [0.05, 0.1) is 22.6 Å². The van der Waals surface area contributed by atoms with Crippen LogP contribution in [0.15, 0.2) is 28.8 Å². The Morgan fingerprint density at radius 2 is 1.84 bits per heavy atom. The Balaban J connectivity index is 2.07. The number of rotatable bonds is 5. The number of nitrogens with one attached hydrogen (secondary N) is 1. The molecule has 0 atom stereocenters. The first-order valence-corrected chi connectivity index (χ1v) is 10.3. The number of thiophene rings is 1. The minimum Gasteiger partial charge on any atom is -0.465 e. The highest BCUT2D eigenvalue weighted by Gasteiger charge is 2.29. The summed E-state index contributed by atoms with van der Waals surface area (Å²) in [6.45, 7) is 3.24. The van der Waals surface area contributed by atoms with Crippen LogP contribution in [0.5, 0.6) is 0 Å². The van der Waals surface area contributed by atoms with E-state index in [4.69, 9.17) is 20.9 Å². The number of methoxy groups -OCH3 is 1. The number of carbonyl (C=O) groups excluding carboxylic acids is 3. The van der Waals surface area contributed by atoms with Crippen molar-refractivity contribution in [2.45, 2.75) is 13.8 Å². The zero-order valence-electron chi connectivity index (χ0n) is 17.5. The highest BCUT2D eigenvalue weighted by Crippen LogP contribution is 2.36. The van der Waals surface area contributed by atoms with Gasteiger partial charge in [-0.05, 0) is 25.5 Å². The van der Waals surface area contributed by atoms with Crippen molar-refractivity contribution in [3.63, 3.8) is 0 Å². The molecular weight excluding hydrogens is 442 g/mol. The van der Waals surface area contributed by atoms with Gasteiger partial charge in [0.2, 0.25) is 0 Å². The molecule has 0 radical (unpaired) electrons. The van der Waals surface area contributed by atoms with Crippen LogP contribution in [0, 0.1) is 13.8 Å². The number of aromatic nitrogens is 1.